The quantitative estimate of drug-likeness (QED) is 0.413. The third-order valence-corrected chi connectivity index (χ3v) is 7.79. The zero-order valence-corrected chi connectivity index (χ0v) is 21.8. The number of ether oxygens (including phenoxy) is 1. The maximum atomic E-state index is 13.1. The highest BCUT2D eigenvalue weighted by atomic mass is 32.2. The molecule has 3 aromatic rings. The zero-order valence-electron chi connectivity index (χ0n) is 20.9. The van der Waals surface area contributed by atoms with E-state index in [-0.39, 0.29) is 29.7 Å². The van der Waals surface area contributed by atoms with Gasteiger partial charge in [-0.3, -0.25) is 19.3 Å². The summed E-state index contributed by atoms with van der Waals surface area (Å²) in [6, 6.07) is 15.9. The number of hydrogen-bond donors (Lipinski definition) is 1. The molecule has 0 aliphatic carbocycles. The van der Waals surface area contributed by atoms with Gasteiger partial charge in [0.1, 0.15) is 6.54 Å². The minimum atomic E-state index is -0.271. The zero-order chi connectivity index (χ0) is 25.8. The average molecular weight is 518 g/mol. The van der Waals surface area contributed by atoms with Crippen LogP contribution < -0.4 is 5.32 Å². The summed E-state index contributed by atoms with van der Waals surface area (Å²) < 4.78 is 7.56. The van der Waals surface area contributed by atoms with Crippen LogP contribution in [0.3, 0.4) is 0 Å². The minimum absolute atomic E-state index is 0.0777. The molecule has 37 heavy (non-hydrogen) atoms. The van der Waals surface area contributed by atoms with E-state index in [1.165, 1.54) is 4.90 Å². The number of nitrogens with zero attached hydrogens (tertiary/aromatic N) is 2. The first-order chi connectivity index (χ1) is 18.0. The van der Waals surface area contributed by atoms with Crippen LogP contribution in [-0.2, 0) is 33.7 Å². The summed E-state index contributed by atoms with van der Waals surface area (Å²) in [5.74, 6) is -0.348. The van der Waals surface area contributed by atoms with Crippen molar-refractivity contribution in [3.63, 3.8) is 0 Å². The molecule has 0 saturated carbocycles. The molecular formula is C29H31N3O4S. The standard InChI is InChI=1S/C29H31N3O4S/c1-2-21-10-6-12-24-22(18-31(27(21)24)19-26(33)30-17-23-11-7-15-36-23)16-25-28(34)32(29(35)37-25)14-13-20-8-4-3-5-9-20/h3-6,8-10,12,16,18,23H,2,7,11,13-15,17,19H2,1H3,(H,30,33)/b25-16-/t23-/m0/s1. The van der Waals surface area contributed by atoms with Crippen molar-refractivity contribution in [2.24, 2.45) is 0 Å². The molecule has 3 amide bonds. The smallest absolute Gasteiger partial charge is 0.293 e. The van der Waals surface area contributed by atoms with E-state index in [1.807, 2.05) is 53.2 Å². The van der Waals surface area contributed by atoms with Gasteiger partial charge < -0.3 is 14.6 Å². The lowest BCUT2D eigenvalue weighted by Crippen LogP contribution is -2.34. The molecule has 2 saturated heterocycles. The highest BCUT2D eigenvalue weighted by Crippen LogP contribution is 2.35. The second kappa shape index (κ2) is 11.4. The number of aryl methyl sites for hydroxylation is 1. The van der Waals surface area contributed by atoms with E-state index in [0.717, 1.165) is 65.2 Å². The van der Waals surface area contributed by atoms with Gasteiger partial charge >= 0.3 is 0 Å². The van der Waals surface area contributed by atoms with E-state index in [0.29, 0.717) is 24.4 Å². The molecule has 1 N–H and O–H groups in total. The molecular weight excluding hydrogens is 486 g/mol. The number of hydrogen-bond acceptors (Lipinski definition) is 5. The van der Waals surface area contributed by atoms with Crippen molar-refractivity contribution in [2.75, 3.05) is 19.7 Å². The van der Waals surface area contributed by atoms with Crippen molar-refractivity contribution in [1.82, 2.24) is 14.8 Å². The molecule has 0 radical (unpaired) electrons. The molecule has 192 valence electrons. The second-order valence-electron chi connectivity index (χ2n) is 9.39. The van der Waals surface area contributed by atoms with Gasteiger partial charge in [0.15, 0.2) is 0 Å². The number of amides is 3. The summed E-state index contributed by atoms with van der Waals surface area (Å²) in [5.41, 5.74) is 4.01. The van der Waals surface area contributed by atoms with Crippen LogP contribution in [0.15, 0.2) is 59.6 Å². The normalized spacial score (nSPS) is 18.9. The van der Waals surface area contributed by atoms with Gasteiger partial charge in [-0.1, -0.05) is 55.5 Å². The fraction of sp³-hybridized carbons (Fsp3) is 0.345. The monoisotopic (exact) mass is 517 g/mol. The van der Waals surface area contributed by atoms with Gasteiger partial charge in [-0.05, 0) is 54.6 Å². The molecule has 2 aromatic carbocycles. The van der Waals surface area contributed by atoms with Crippen LogP contribution in [0.5, 0.6) is 0 Å². The van der Waals surface area contributed by atoms with Crippen molar-refractivity contribution in [2.45, 2.75) is 45.3 Å². The van der Waals surface area contributed by atoms with E-state index in [1.54, 1.807) is 6.08 Å². The van der Waals surface area contributed by atoms with Gasteiger partial charge in [0.05, 0.1) is 16.5 Å². The molecule has 0 unspecified atom stereocenters. The molecule has 5 rings (SSSR count). The molecule has 2 aliphatic rings. The number of nitrogens with one attached hydrogen (secondary N) is 1. The Morgan fingerprint density at radius 2 is 2.00 bits per heavy atom. The van der Waals surface area contributed by atoms with Gasteiger partial charge in [0.25, 0.3) is 11.1 Å². The number of para-hydroxylation sites is 1. The number of rotatable bonds is 9. The highest BCUT2D eigenvalue weighted by molar-refractivity contribution is 8.18. The fourth-order valence-corrected chi connectivity index (χ4v) is 5.81. The van der Waals surface area contributed by atoms with E-state index in [2.05, 4.69) is 18.3 Å². The Labute approximate surface area is 220 Å². The van der Waals surface area contributed by atoms with Crippen LogP contribution >= 0.6 is 11.8 Å². The molecule has 2 fully saturated rings. The lowest BCUT2D eigenvalue weighted by Gasteiger charge is -2.12. The maximum absolute atomic E-state index is 13.1. The largest absolute Gasteiger partial charge is 0.376 e. The molecule has 8 heteroatoms. The molecule has 7 nitrogen and oxygen atoms in total. The van der Waals surface area contributed by atoms with Crippen molar-refractivity contribution >= 4 is 45.8 Å². The van der Waals surface area contributed by atoms with Crippen LogP contribution in [0.4, 0.5) is 4.79 Å². The maximum Gasteiger partial charge on any atom is 0.293 e. The fourth-order valence-electron chi connectivity index (χ4n) is 4.95. The Morgan fingerprint density at radius 1 is 1.16 bits per heavy atom. The number of aromatic nitrogens is 1. The first kappa shape index (κ1) is 25.3. The third-order valence-electron chi connectivity index (χ3n) is 6.89. The predicted octanol–water partition coefficient (Wildman–Crippen LogP) is 4.78. The Morgan fingerprint density at radius 3 is 2.76 bits per heavy atom. The Balaban J connectivity index is 1.37. The Hall–Kier alpha value is -3.36. The number of imide groups is 1. The van der Waals surface area contributed by atoms with Crippen molar-refractivity contribution in [3.8, 4) is 0 Å². The molecule has 3 heterocycles. The van der Waals surface area contributed by atoms with Gasteiger partial charge in [0, 0.05) is 36.8 Å². The summed E-state index contributed by atoms with van der Waals surface area (Å²) >= 11 is 0.972. The summed E-state index contributed by atoms with van der Waals surface area (Å²) in [4.78, 5) is 40.3. The van der Waals surface area contributed by atoms with Gasteiger partial charge in [-0.2, -0.15) is 0 Å². The average Bonchev–Trinajstić information content (AvgIpc) is 3.62. The second-order valence-corrected chi connectivity index (χ2v) is 10.4. The summed E-state index contributed by atoms with van der Waals surface area (Å²) in [5, 5.41) is 3.70. The topological polar surface area (TPSA) is 80.6 Å². The Bertz CT molecular complexity index is 1340. The lowest BCUT2D eigenvalue weighted by atomic mass is 10.1. The van der Waals surface area contributed by atoms with E-state index >= 15 is 0 Å². The third kappa shape index (κ3) is 5.65. The molecule has 1 aromatic heterocycles. The predicted molar refractivity (Wildman–Crippen MR) is 146 cm³/mol. The summed E-state index contributed by atoms with van der Waals surface area (Å²) in [7, 11) is 0. The van der Waals surface area contributed by atoms with Crippen molar-refractivity contribution in [3.05, 3.63) is 76.3 Å². The summed E-state index contributed by atoms with van der Waals surface area (Å²) in [6.45, 7) is 3.87. The minimum Gasteiger partial charge on any atom is -0.376 e. The first-order valence-corrected chi connectivity index (χ1v) is 13.6. The SMILES string of the molecule is CCc1cccc2c(/C=C3\SC(=O)N(CCc4ccccc4)C3=O)cn(CC(=O)NC[C@@H]3CCCO3)c12. The van der Waals surface area contributed by atoms with Crippen LogP contribution in [-0.4, -0.2) is 52.3 Å². The first-order valence-electron chi connectivity index (χ1n) is 12.8. The van der Waals surface area contributed by atoms with Crippen molar-refractivity contribution in [1.29, 1.82) is 0 Å². The summed E-state index contributed by atoms with van der Waals surface area (Å²) in [6.07, 6.45) is 7.22. The van der Waals surface area contributed by atoms with Crippen LogP contribution in [0.1, 0.15) is 36.5 Å². The number of carbonyl (C=O) groups is 3. The highest BCUT2D eigenvalue weighted by Gasteiger charge is 2.35. The van der Waals surface area contributed by atoms with E-state index in [4.69, 9.17) is 4.74 Å². The van der Waals surface area contributed by atoms with Gasteiger partial charge in [0.2, 0.25) is 5.91 Å². The van der Waals surface area contributed by atoms with Gasteiger partial charge in [-0.25, -0.2) is 0 Å². The Kier molecular flexibility index (Phi) is 7.76. The molecule has 2 aliphatic heterocycles. The molecule has 0 spiro atoms. The van der Waals surface area contributed by atoms with Crippen LogP contribution in [0.25, 0.3) is 17.0 Å². The lowest BCUT2D eigenvalue weighted by molar-refractivity contribution is -0.123. The number of carbonyl (C=O) groups excluding carboxylic acids is 3. The van der Waals surface area contributed by atoms with Crippen molar-refractivity contribution < 1.29 is 19.1 Å². The number of fused-ring (bicyclic) bond motifs is 1. The number of thioether (sulfide) groups is 1. The number of benzene rings is 2. The van der Waals surface area contributed by atoms with Crippen LogP contribution in [0, 0.1) is 0 Å². The van der Waals surface area contributed by atoms with Gasteiger partial charge in [-0.15, -0.1) is 0 Å². The molecule has 0 bridgehead atoms. The van der Waals surface area contributed by atoms with Crippen LogP contribution in [0.2, 0.25) is 0 Å². The molecule has 1 atom stereocenters. The van der Waals surface area contributed by atoms with E-state index < -0.39 is 0 Å². The van der Waals surface area contributed by atoms with E-state index in [9.17, 15) is 14.4 Å².